The molecule has 100 valence electrons. The summed E-state index contributed by atoms with van der Waals surface area (Å²) in [5, 5.41) is 3.53. The number of aryl methyl sites for hydroxylation is 1. The molecule has 3 heteroatoms. The Morgan fingerprint density at radius 1 is 1.33 bits per heavy atom. The van der Waals surface area contributed by atoms with Crippen molar-refractivity contribution in [3.8, 4) is 0 Å². The molecule has 0 aromatic heterocycles. The van der Waals surface area contributed by atoms with Gasteiger partial charge >= 0.3 is 0 Å². The molecular formula is C15H23FN2. The molecule has 1 fully saturated rings. The zero-order valence-corrected chi connectivity index (χ0v) is 11.5. The minimum Gasteiger partial charge on any atom is -0.371 e. The van der Waals surface area contributed by atoms with Crippen LogP contribution in [0.4, 0.5) is 10.1 Å². The van der Waals surface area contributed by atoms with Crippen LogP contribution < -0.4 is 10.2 Å². The lowest BCUT2D eigenvalue weighted by Crippen LogP contribution is -2.42. The molecule has 0 radical (unpaired) electrons. The molecule has 0 spiro atoms. The van der Waals surface area contributed by atoms with E-state index in [0.29, 0.717) is 12.0 Å². The quantitative estimate of drug-likeness (QED) is 0.824. The highest BCUT2D eigenvalue weighted by Gasteiger charge is 2.18. The predicted octanol–water partition coefficient (Wildman–Crippen LogP) is 2.96. The van der Waals surface area contributed by atoms with Gasteiger partial charge in [-0.05, 0) is 50.4 Å². The number of nitrogens with zero attached hydrogens (tertiary/aromatic N) is 1. The number of hydrogen-bond donors (Lipinski definition) is 1. The monoisotopic (exact) mass is 250 g/mol. The van der Waals surface area contributed by atoms with Crippen LogP contribution in [0.15, 0.2) is 18.2 Å². The summed E-state index contributed by atoms with van der Waals surface area (Å²) in [5.41, 5.74) is 2.21. The summed E-state index contributed by atoms with van der Waals surface area (Å²) in [6.45, 7) is 9.53. The van der Waals surface area contributed by atoms with Crippen LogP contribution in [-0.2, 0) is 0 Å². The molecule has 1 N–H and O–H groups in total. The molecule has 0 aliphatic carbocycles. The van der Waals surface area contributed by atoms with E-state index in [9.17, 15) is 4.39 Å². The summed E-state index contributed by atoms with van der Waals surface area (Å²) in [5.74, 6) is 0.437. The number of anilines is 1. The lowest BCUT2D eigenvalue weighted by Gasteiger charge is -2.33. The molecule has 1 aromatic carbocycles. The second kappa shape index (κ2) is 5.70. The Balaban J connectivity index is 2.21. The third-order valence-electron chi connectivity index (χ3n) is 3.69. The van der Waals surface area contributed by atoms with Gasteiger partial charge in [-0.15, -0.1) is 0 Å². The van der Waals surface area contributed by atoms with Gasteiger partial charge in [0.05, 0.1) is 0 Å². The summed E-state index contributed by atoms with van der Waals surface area (Å²) >= 11 is 0. The molecule has 0 amide bonds. The summed E-state index contributed by atoms with van der Waals surface area (Å²) in [6, 6.07) is 5.61. The molecule has 1 aromatic rings. The fourth-order valence-corrected chi connectivity index (χ4v) is 2.53. The van der Waals surface area contributed by atoms with Gasteiger partial charge < -0.3 is 10.2 Å². The molecule has 2 unspecified atom stereocenters. The fraction of sp³-hybridized carbons (Fsp3) is 0.600. The van der Waals surface area contributed by atoms with E-state index in [2.05, 4.69) is 31.0 Å². The predicted molar refractivity (Wildman–Crippen MR) is 74.6 cm³/mol. The van der Waals surface area contributed by atoms with Crippen LogP contribution in [0.3, 0.4) is 0 Å². The van der Waals surface area contributed by atoms with E-state index in [1.807, 2.05) is 6.07 Å². The zero-order valence-electron chi connectivity index (χ0n) is 11.5. The number of hydrogen-bond acceptors (Lipinski definition) is 2. The van der Waals surface area contributed by atoms with Crippen molar-refractivity contribution in [1.82, 2.24) is 5.32 Å². The van der Waals surface area contributed by atoms with Crippen molar-refractivity contribution >= 4 is 5.69 Å². The zero-order chi connectivity index (χ0) is 13.1. The average molecular weight is 250 g/mol. The summed E-state index contributed by atoms with van der Waals surface area (Å²) < 4.78 is 13.4. The Labute approximate surface area is 109 Å². The lowest BCUT2D eigenvalue weighted by atomic mass is 10.0. The number of nitrogens with one attached hydrogen (secondary N) is 1. The van der Waals surface area contributed by atoms with Crippen LogP contribution in [-0.4, -0.2) is 25.7 Å². The maximum atomic E-state index is 13.4. The van der Waals surface area contributed by atoms with Crippen molar-refractivity contribution in [2.75, 3.05) is 24.5 Å². The number of rotatable bonds is 1. The Kier molecular flexibility index (Phi) is 4.23. The average Bonchev–Trinajstić information content (AvgIpc) is 2.33. The first kappa shape index (κ1) is 13.3. The van der Waals surface area contributed by atoms with E-state index in [1.54, 1.807) is 6.07 Å². The molecular weight excluding hydrogens is 227 g/mol. The summed E-state index contributed by atoms with van der Waals surface area (Å²) in [4.78, 5) is 2.33. The van der Waals surface area contributed by atoms with Gasteiger partial charge in [0.1, 0.15) is 5.82 Å². The van der Waals surface area contributed by atoms with Crippen LogP contribution in [0.1, 0.15) is 25.8 Å². The molecule has 0 bridgehead atoms. The lowest BCUT2D eigenvalue weighted by molar-refractivity contribution is 0.410. The third-order valence-corrected chi connectivity index (χ3v) is 3.69. The van der Waals surface area contributed by atoms with E-state index >= 15 is 0 Å². The van der Waals surface area contributed by atoms with E-state index in [0.717, 1.165) is 37.3 Å². The first-order valence-corrected chi connectivity index (χ1v) is 6.80. The van der Waals surface area contributed by atoms with Gasteiger partial charge in [0.25, 0.3) is 0 Å². The van der Waals surface area contributed by atoms with Crippen molar-refractivity contribution in [2.24, 2.45) is 5.92 Å². The fourth-order valence-electron chi connectivity index (χ4n) is 2.53. The second-order valence-corrected chi connectivity index (χ2v) is 5.58. The van der Waals surface area contributed by atoms with E-state index < -0.39 is 0 Å². The van der Waals surface area contributed by atoms with Gasteiger partial charge in [0.15, 0.2) is 0 Å². The van der Waals surface area contributed by atoms with Crippen LogP contribution >= 0.6 is 0 Å². The molecule has 2 rings (SSSR count). The highest BCUT2D eigenvalue weighted by atomic mass is 19.1. The van der Waals surface area contributed by atoms with Crippen LogP contribution in [0, 0.1) is 18.7 Å². The molecule has 18 heavy (non-hydrogen) atoms. The Hall–Kier alpha value is -1.09. The van der Waals surface area contributed by atoms with Gasteiger partial charge in [-0.25, -0.2) is 4.39 Å². The van der Waals surface area contributed by atoms with Crippen LogP contribution in [0.25, 0.3) is 0 Å². The van der Waals surface area contributed by atoms with Crippen molar-refractivity contribution in [1.29, 1.82) is 0 Å². The van der Waals surface area contributed by atoms with Crippen molar-refractivity contribution in [3.05, 3.63) is 29.6 Å². The number of benzene rings is 1. The van der Waals surface area contributed by atoms with Crippen LogP contribution in [0.5, 0.6) is 0 Å². The first-order valence-electron chi connectivity index (χ1n) is 6.80. The Morgan fingerprint density at radius 2 is 2.11 bits per heavy atom. The molecule has 1 heterocycles. The smallest absolute Gasteiger partial charge is 0.125 e. The third kappa shape index (κ3) is 3.22. The van der Waals surface area contributed by atoms with Gasteiger partial charge in [-0.1, -0.05) is 13.0 Å². The summed E-state index contributed by atoms with van der Waals surface area (Å²) in [7, 11) is 0. The van der Waals surface area contributed by atoms with Gasteiger partial charge in [-0.2, -0.15) is 0 Å². The SMILES string of the molecule is Cc1ccc(F)cc1N1CCC(C)NCC(C)C1. The van der Waals surface area contributed by atoms with Crippen LogP contribution in [0.2, 0.25) is 0 Å². The maximum Gasteiger partial charge on any atom is 0.125 e. The van der Waals surface area contributed by atoms with E-state index in [4.69, 9.17) is 0 Å². The standard InChI is InChI=1S/C15H23FN2/c1-11-9-17-13(3)6-7-18(10-11)15-8-14(16)5-4-12(15)2/h4-5,8,11,13,17H,6-7,9-10H2,1-3H3. The normalized spacial score (nSPS) is 25.7. The van der Waals surface area contributed by atoms with Crippen molar-refractivity contribution < 1.29 is 4.39 Å². The molecule has 1 aliphatic rings. The van der Waals surface area contributed by atoms with Crippen molar-refractivity contribution in [2.45, 2.75) is 33.2 Å². The number of halogens is 1. The van der Waals surface area contributed by atoms with E-state index in [1.165, 1.54) is 6.07 Å². The van der Waals surface area contributed by atoms with Crippen molar-refractivity contribution in [3.63, 3.8) is 0 Å². The molecule has 2 atom stereocenters. The minimum atomic E-state index is -0.142. The molecule has 1 saturated heterocycles. The highest BCUT2D eigenvalue weighted by molar-refractivity contribution is 5.53. The molecule has 2 nitrogen and oxygen atoms in total. The van der Waals surface area contributed by atoms with Gasteiger partial charge in [-0.3, -0.25) is 0 Å². The first-order chi connectivity index (χ1) is 8.56. The second-order valence-electron chi connectivity index (χ2n) is 5.58. The topological polar surface area (TPSA) is 15.3 Å². The molecule has 1 aliphatic heterocycles. The molecule has 0 saturated carbocycles. The maximum absolute atomic E-state index is 13.4. The van der Waals surface area contributed by atoms with E-state index in [-0.39, 0.29) is 5.82 Å². The Bertz CT molecular complexity index is 405. The largest absolute Gasteiger partial charge is 0.371 e. The van der Waals surface area contributed by atoms with Gasteiger partial charge in [0.2, 0.25) is 0 Å². The highest BCUT2D eigenvalue weighted by Crippen LogP contribution is 2.23. The van der Waals surface area contributed by atoms with Gasteiger partial charge in [0, 0.05) is 24.8 Å². The minimum absolute atomic E-state index is 0.142. The summed E-state index contributed by atoms with van der Waals surface area (Å²) in [6.07, 6.45) is 1.10. The Morgan fingerprint density at radius 3 is 2.89 bits per heavy atom.